The van der Waals surface area contributed by atoms with E-state index in [0.717, 1.165) is 6.61 Å². The molecular weight excluding hydrogens is 266 g/mol. The SMILES string of the molecule is CCCCP(CCCC)CCOC.F[B-](F)(F)F. The number of ether oxygens (including phenoxy) is 1. The molecule has 0 atom stereocenters. The van der Waals surface area contributed by atoms with Gasteiger partial charge in [-0.2, -0.15) is 0 Å². The first kappa shape index (κ1) is 20.5. The van der Waals surface area contributed by atoms with Gasteiger partial charge < -0.3 is 22.0 Å². The number of hydrogen-bond acceptors (Lipinski definition) is 1. The van der Waals surface area contributed by atoms with E-state index in [-0.39, 0.29) is 0 Å². The fourth-order valence-electron chi connectivity index (χ4n) is 1.32. The van der Waals surface area contributed by atoms with Crippen molar-refractivity contribution in [3.63, 3.8) is 0 Å². The van der Waals surface area contributed by atoms with Crippen molar-refractivity contribution in [3.8, 4) is 0 Å². The molecule has 112 valence electrons. The van der Waals surface area contributed by atoms with E-state index < -0.39 is 7.25 Å². The molecule has 0 N–H and O–H groups in total. The van der Waals surface area contributed by atoms with Gasteiger partial charge >= 0.3 is 7.25 Å². The molecule has 0 heterocycles. The van der Waals surface area contributed by atoms with E-state index in [1.807, 2.05) is 7.11 Å². The standard InChI is InChI=1S/C11H25OP.BF4/c1-4-6-9-13(10-7-5-2)11-8-12-3;2-1(3,4)5/h4-11H2,1-3H3;/q;-1. The Balaban J connectivity index is 0. The van der Waals surface area contributed by atoms with Crippen molar-refractivity contribution in [1.29, 1.82) is 0 Å². The fourth-order valence-corrected chi connectivity index (χ4v) is 3.96. The van der Waals surface area contributed by atoms with Crippen molar-refractivity contribution in [2.24, 2.45) is 0 Å². The van der Waals surface area contributed by atoms with E-state index in [0.29, 0.717) is 7.92 Å². The Morgan fingerprint density at radius 2 is 1.28 bits per heavy atom. The molecule has 0 aliphatic heterocycles. The van der Waals surface area contributed by atoms with Crippen LogP contribution < -0.4 is 0 Å². The smallest absolute Gasteiger partial charge is 0.418 e. The third-order valence-electron chi connectivity index (χ3n) is 2.27. The summed E-state index contributed by atoms with van der Waals surface area (Å²) in [7, 11) is -3.89. The Morgan fingerprint density at radius 3 is 1.56 bits per heavy atom. The first-order valence-corrected chi connectivity index (χ1v) is 8.33. The normalized spacial score (nSPS) is 11.3. The van der Waals surface area contributed by atoms with Gasteiger partial charge in [0.25, 0.3) is 0 Å². The maximum Gasteiger partial charge on any atom is 0.673 e. The molecule has 18 heavy (non-hydrogen) atoms. The van der Waals surface area contributed by atoms with Gasteiger partial charge in [0.15, 0.2) is 0 Å². The van der Waals surface area contributed by atoms with E-state index in [1.165, 1.54) is 44.2 Å². The molecule has 0 fully saturated rings. The third kappa shape index (κ3) is 25.1. The average Bonchev–Trinajstić information content (AvgIpc) is 2.26. The summed E-state index contributed by atoms with van der Waals surface area (Å²) in [6.07, 6.45) is 9.78. The molecule has 0 aliphatic rings. The molecule has 0 rings (SSSR count). The summed E-state index contributed by atoms with van der Waals surface area (Å²) in [6.45, 7) is 5.53. The average molecular weight is 291 g/mol. The lowest BCUT2D eigenvalue weighted by atomic mass is 10.3. The van der Waals surface area contributed by atoms with Crippen molar-refractivity contribution in [2.45, 2.75) is 39.5 Å². The Morgan fingerprint density at radius 1 is 0.889 bits per heavy atom. The second-order valence-corrected chi connectivity index (χ2v) is 6.72. The second kappa shape index (κ2) is 13.6. The molecule has 0 saturated carbocycles. The zero-order chi connectivity index (χ0) is 14.4. The number of unbranched alkanes of at least 4 members (excludes halogenated alkanes) is 2. The molecule has 0 aromatic carbocycles. The summed E-state index contributed by atoms with van der Waals surface area (Å²) in [5, 5.41) is 0. The zero-order valence-electron chi connectivity index (χ0n) is 11.6. The maximum atomic E-state index is 9.75. The quantitative estimate of drug-likeness (QED) is 0.329. The first-order valence-electron chi connectivity index (χ1n) is 6.43. The maximum absolute atomic E-state index is 9.75. The number of hydrogen-bond donors (Lipinski definition) is 0. The van der Waals surface area contributed by atoms with Crippen LogP contribution in [0.15, 0.2) is 0 Å². The number of methoxy groups -OCH3 is 1. The van der Waals surface area contributed by atoms with Gasteiger partial charge in [-0.1, -0.05) is 26.7 Å². The Labute approximate surface area is 110 Å². The van der Waals surface area contributed by atoms with Gasteiger partial charge in [0.05, 0.1) is 6.61 Å². The van der Waals surface area contributed by atoms with Crippen molar-refractivity contribution in [2.75, 3.05) is 32.2 Å². The fraction of sp³-hybridized carbons (Fsp3) is 1.00. The molecule has 1 nitrogen and oxygen atoms in total. The van der Waals surface area contributed by atoms with Crippen LogP contribution in [0.5, 0.6) is 0 Å². The van der Waals surface area contributed by atoms with Gasteiger partial charge in [0.2, 0.25) is 0 Å². The Bertz CT molecular complexity index is 145. The first-order chi connectivity index (χ1) is 8.35. The molecule has 0 aromatic rings. The summed E-state index contributed by atoms with van der Waals surface area (Å²) < 4.78 is 44.1. The molecule has 0 spiro atoms. The molecule has 0 unspecified atom stereocenters. The van der Waals surface area contributed by atoms with Crippen LogP contribution in [0.3, 0.4) is 0 Å². The molecule has 0 radical (unpaired) electrons. The van der Waals surface area contributed by atoms with Gasteiger partial charge in [-0.3, -0.25) is 0 Å². The van der Waals surface area contributed by atoms with Crippen LogP contribution in [0.25, 0.3) is 0 Å². The molecule has 0 aliphatic carbocycles. The van der Waals surface area contributed by atoms with Crippen molar-refractivity contribution < 1.29 is 22.0 Å². The van der Waals surface area contributed by atoms with E-state index >= 15 is 0 Å². The summed E-state index contributed by atoms with van der Waals surface area (Å²) in [5.74, 6) is 0. The van der Waals surface area contributed by atoms with E-state index in [2.05, 4.69) is 13.8 Å². The topological polar surface area (TPSA) is 9.23 Å². The zero-order valence-corrected chi connectivity index (χ0v) is 12.5. The number of rotatable bonds is 9. The predicted octanol–water partition coefficient (Wildman–Crippen LogP) is 5.01. The highest BCUT2D eigenvalue weighted by atomic mass is 31.1. The lowest BCUT2D eigenvalue weighted by Crippen LogP contribution is -2.02. The van der Waals surface area contributed by atoms with Gasteiger partial charge in [-0.05, 0) is 31.3 Å². The van der Waals surface area contributed by atoms with Crippen LogP contribution in [-0.2, 0) is 4.74 Å². The summed E-state index contributed by atoms with van der Waals surface area (Å²) in [5.41, 5.74) is 0. The summed E-state index contributed by atoms with van der Waals surface area (Å²) in [6, 6.07) is 0. The molecule has 0 bridgehead atoms. The van der Waals surface area contributed by atoms with Crippen LogP contribution in [0.1, 0.15) is 39.5 Å². The van der Waals surface area contributed by atoms with Gasteiger partial charge in [0, 0.05) is 7.11 Å². The van der Waals surface area contributed by atoms with Crippen molar-refractivity contribution in [3.05, 3.63) is 0 Å². The highest BCUT2D eigenvalue weighted by Gasteiger charge is 2.20. The Kier molecular flexibility index (Phi) is 15.5. The lowest BCUT2D eigenvalue weighted by molar-refractivity contribution is 0.218. The van der Waals surface area contributed by atoms with Crippen molar-refractivity contribution in [1.82, 2.24) is 0 Å². The predicted molar refractivity (Wildman–Crippen MR) is 73.4 cm³/mol. The molecule has 7 heteroatoms. The van der Waals surface area contributed by atoms with Crippen LogP contribution in [0.2, 0.25) is 0 Å². The highest BCUT2D eigenvalue weighted by molar-refractivity contribution is 7.57. The van der Waals surface area contributed by atoms with Crippen molar-refractivity contribution >= 4 is 15.2 Å². The molecule has 0 amide bonds. The lowest BCUT2D eigenvalue weighted by Gasteiger charge is -2.16. The van der Waals surface area contributed by atoms with E-state index in [1.54, 1.807) is 0 Å². The molecule has 0 saturated heterocycles. The van der Waals surface area contributed by atoms with Crippen LogP contribution in [0, 0.1) is 0 Å². The highest BCUT2D eigenvalue weighted by Crippen LogP contribution is 2.37. The van der Waals surface area contributed by atoms with Gasteiger partial charge in [0.1, 0.15) is 0 Å². The third-order valence-corrected chi connectivity index (χ3v) is 4.98. The van der Waals surface area contributed by atoms with E-state index in [4.69, 9.17) is 4.74 Å². The number of halogens is 4. The van der Waals surface area contributed by atoms with E-state index in [9.17, 15) is 17.3 Å². The minimum Gasteiger partial charge on any atom is -0.418 e. The van der Waals surface area contributed by atoms with Crippen LogP contribution >= 0.6 is 7.92 Å². The minimum absolute atomic E-state index is 0.297. The second-order valence-electron chi connectivity index (χ2n) is 4.04. The van der Waals surface area contributed by atoms with Crippen LogP contribution in [-0.4, -0.2) is 39.5 Å². The monoisotopic (exact) mass is 291 g/mol. The van der Waals surface area contributed by atoms with Gasteiger partial charge in [-0.25, -0.2) is 0 Å². The molecular formula is C11H25BF4OP-. The Hall–Kier alpha value is 0.175. The molecule has 0 aromatic heterocycles. The summed E-state index contributed by atoms with van der Waals surface area (Å²) >= 11 is 0. The largest absolute Gasteiger partial charge is 0.673 e. The van der Waals surface area contributed by atoms with Crippen LogP contribution in [0.4, 0.5) is 17.3 Å². The minimum atomic E-state index is -6.00. The van der Waals surface area contributed by atoms with Gasteiger partial charge in [-0.15, -0.1) is 7.92 Å². The summed E-state index contributed by atoms with van der Waals surface area (Å²) in [4.78, 5) is 0.